The number of aromatic carboxylic acids is 1. The lowest BCUT2D eigenvalue weighted by Crippen LogP contribution is -2.05. The molecule has 0 unspecified atom stereocenters. The van der Waals surface area contributed by atoms with Gasteiger partial charge in [-0.05, 0) is 42.0 Å². The molecule has 0 fully saturated rings. The Morgan fingerprint density at radius 3 is 2.90 bits per heavy atom. The first kappa shape index (κ1) is 17.1. The van der Waals surface area contributed by atoms with E-state index in [-0.39, 0.29) is 12.4 Å². The van der Waals surface area contributed by atoms with Crippen LogP contribution in [0, 0.1) is 0 Å². The fourth-order valence-corrected chi connectivity index (χ4v) is 3.22. The van der Waals surface area contributed by atoms with E-state index in [0.29, 0.717) is 18.0 Å². The van der Waals surface area contributed by atoms with Crippen molar-refractivity contribution in [3.8, 4) is 22.8 Å². The van der Waals surface area contributed by atoms with Crippen molar-refractivity contribution in [2.45, 2.75) is 6.54 Å². The highest BCUT2D eigenvalue weighted by Gasteiger charge is 2.14. The molecule has 2 aromatic carbocycles. The van der Waals surface area contributed by atoms with Crippen molar-refractivity contribution in [1.29, 1.82) is 0 Å². The molecular formula is C21H16N4O4. The Morgan fingerprint density at radius 2 is 2.00 bits per heavy atom. The third-order valence-corrected chi connectivity index (χ3v) is 4.68. The number of nitrogens with one attached hydrogen (secondary N) is 1. The Morgan fingerprint density at radius 1 is 1.10 bits per heavy atom. The molecule has 5 rings (SSSR count). The molecule has 1 aliphatic rings. The first-order valence-electron chi connectivity index (χ1n) is 8.98. The number of anilines is 1. The van der Waals surface area contributed by atoms with Crippen molar-refractivity contribution >= 4 is 17.4 Å². The Balaban J connectivity index is 1.42. The number of carboxylic acids is 1. The summed E-state index contributed by atoms with van der Waals surface area (Å²) < 4.78 is 12.4. The van der Waals surface area contributed by atoms with Crippen LogP contribution in [0.25, 0.3) is 16.9 Å². The fraction of sp³-hybridized carbons (Fsp3) is 0.0952. The summed E-state index contributed by atoms with van der Waals surface area (Å²) in [6.45, 7) is 0.810. The lowest BCUT2D eigenvalue weighted by molar-refractivity contribution is 0.0697. The molecule has 2 N–H and O–H groups in total. The zero-order valence-electron chi connectivity index (χ0n) is 15.2. The first-order chi connectivity index (χ1) is 14.2. The number of imidazole rings is 1. The minimum atomic E-state index is -0.972. The number of nitrogens with zero attached hydrogens (tertiary/aromatic N) is 3. The quantitative estimate of drug-likeness (QED) is 0.540. The third-order valence-electron chi connectivity index (χ3n) is 4.68. The molecule has 2 aromatic heterocycles. The Labute approximate surface area is 165 Å². The van der Waals surface area contributed by atoms with Crippen molar-refractivity contribution in [3.05, 3.63) is 71.9 Å². The molecule has 0 radical (unpaired) electrons. The third kappa shape index (κ3) is 3.20. The van der Waals surface area contributed by atoms with Gasteiger partial charge in [0.15, 0.2) is 17.1 Å². The maximum Gasteiger partial charge on any atom is 0.335 e. The minimum Gasteiger partial charge on any atom is -0.478 e. The predicted octanol–water partition coefficient (Wildman–Crippen LogP) is 3.44. The van der Waals surface area contributed by atoms with Gasteiger partial charge in [-0.2, -0.15) is 0 Å². The SMILES string of the molecule is O=C(O)c1cccc(-c2cnc3ccc(NCc4ccc5c(c4)OCO5)nn23)c1. The van der Waals surface area contributed by atoms with Gasteiger partial charge in [-0.15, -0.1) is 5.10 Å². The van der Waals surface area contributed by atoms with Crippen LogP contribution in [0.1, 0.15) is 15.9 Å². The monoisotopic (exact) mass is 388 g/mol. The van der Waals surface area contributed by atoms with Gasteiger partial charge in [0.1, 0.15) is 5.82 Å². The average Bonchev–Trinajstić information content (AvgIpc) is 3.38. The molecule has 0 bridgehead atoms. The number of carboxylic acid groups (broad SMARTS) is 1. The number of carbonyl (C=O) groups is 1. The molecule has 3 heterocycles. The molecule has 144 valence electrons. The van der Waals surface area contributed by atoms with Gasteiger partial charge in [0.2, 0.25) is 6.79 Å². The predicted molar refractivity (Wildman–Crippen MR) is 105 cm³/mol. The zero-order valence-corrected chi connectivity index (χ0v) is 15.2. The molecule has 29 heavy (non-hydrogen) atoms. The van der Waals surface area contributed by atoms with Gasteiger partial charge in [0, 0.05) is 12.1 Å². The zero-order chi connectivity index (χ0) is 19.8. The summed E-state index contributed by atoms with van der Waals surface area (Å²) in [5.74, 6) is 1.19. The molecule has 8 nitrogen and oxygen atoms in total. The summed E-state index contributed by atoms with van der Waals surface area (Å²) in [6.07, 6.45) is 1.69. The van der Waals surface area contributed by atoms with Crippen molar-refractivity contribution in [2.24, 2.45) is 0 Å². The van der Waals surface area contributed by atoms with E-state index in [9.17, 15) is 9.90 Å². The molecule has 0 amide bonds. The maximum absolute atomic E-state index is 11.3. The fourth-order valence-electron chi connectivity index (χ4n) is 3.22. The van der Waals surface area contributed by atoms with E-state index in [1.54, 1.807) is 28.9 Å². The Bertz CT molecular complexity index is 1230. The van der Waals surface area contributed by atoms with Gasteiger partial charge in [-0.3, -0.25) is 0 Å². The van der Waals surface area contributed by atoms with E-state index in [1.165, 1.54) is 0 Å². The van der Waals surface area contributed by atoms with Gasteiger partial charge in [-0.1, -0.05) is 18.2 Å². The molecule has 0 spiro atoms. The number of aromatic nitrogens is 3. The van der Waals surface area contributed by atoms with Crippen molar-refractivity contribution in [1.82, 2.24) is 14.6 Å². The molecule has 8 heteroatoms. The summed E-state index contributed by atoms with van der Waals surface area (Å²) in [5, 5.41) is 17.1. The van der Waals surface area contributed by atoms with E-state index in [1.807, 2.05) is 36.4 Å². The molecule has 0 saturated carbocycles. The number of ether oxygens (including phenoxy) is 2. The summed E-state index contributed by atoms with van der Waals surface area (Å²) in [7, 11) is 0. The second-order valence-corrected chi connectivity index (χ2v) is 6.56. The smallest absolute Gasteiger partial charge is 0.335 e. The van der Waals surface area contributed by atoms with Gasteiger partial charge in [-0.25, -0.2) is 14.3 Å². The topological polar surface area (TPSA) is 98.0 Å². The van der Waals surface area contributed by atoms with Gasteiger partial charge < -0.3 is 19.9 Å². The second kappa shape index (κ2) is 6.83. The highest BCUT2D eigenvalue weighted by atomic mass is 16.7. The van der Waals surface area contributed by atoms with Crippen LogP contribution in [-0.4, -0.2) is 32.5 Å². The van der Waals surface area contributed by atoms with E-state index in [2.05, 4.69) is 15.4 Å². The standard InChI is InChI=1S/C21H16N4O4/c26-21(27)15-3-1-2-14(9-15)16-11-23-20-7-6-19(24-25(16)20)22-10-13-4-5-17-18(8-13)29-12-28-17/h1-9,11H,10,12H2,(H,22,24)(H,26,27). The van der Waals surface area contributed by atoms with Gasteiger partial charge in [0.25, 0.3) is 0 Å². The lowest BCUT2D eigenvalue weighted by atomic mass is 10.1. The Hall–Kier alpha value is -4.07. The normalized spacial score (nSPS) is 12.3. The summed E-state index contributed by atoms with van der Waals surface area (Å²) in [4.78, 5) is 15.6. The van der Waals surface area contributed by atoms with Crippen LogP contribution in [0.15, 0.2) is 60.8 Å². The van der Waals surface area contributed by atoms with Crippen LogP contribution in [0.3, 0.4) is 0 Å². The maximum atomic E-state index is 11.3. The summed E-state index contributed by atoms with van der Waals surface area (Å²) in [5.41, 5.74) is 3.38. The van der Waals surface area contributed by atoms with Gasteiger partial charge in [0.05, 0.1) is 17.5 Å². The molecule has 1 aliphatic heterocycles. The largest absolute Gasteiger partial charge is 0.478 e. The highest BCUT2D eigenvalue weighted by Crippen LogP contribution is 2.32. The van der Waals surface area contributed by atoms with Crippen LogP contribution in [0.4, 0.5) is 5.82 Å². The average molecular weight is 388 g/mol. The molecule has 0 saturated heterocycles. The van der Waals surface area contributed by atoms with Crippen molar-refractivity contribution in [3.63, 3.8) is 0 Å². The number of hydrogen-bond donors (Lipinski definition) is 2. The van der Waals surface area contributed by atoms with Crippen LogP contribution in [0.2, 0.25) is 0 Å². The number of rotatable bonds is 5. The number of hydrogen-bond acceptors (Lipinski definition) is 6. The number of fused-ring (bicyclic) bond motifs is 2. The molecule has 0 atom stereocenters. The van der Waals surface area contributed by atoms with E-state index >= 15 is 0 Å². The molecular weight excluding hydrogens is 372 g/mol. The molecule has 0 aliphatic carbocycles. The summed E-state index contributed by atoms with van der Waals surface area (Å²) in [6, 6.07) is 16.2. The van der Waals surface area contributed by atoms with Crippen LogP contribution < -0.4 is 14.8 Å². The van der Waals surface area contributed by atoms with E-state index in [4.69, 9.17) is 9.47 Å². The minimum absolute atomic E-state index is 0.217. The highest BCUT2D eigenvalue weighted by molar-refractivity contribution is 5.89. The first-order valence-corrected chi connectivity index (χ1v) is 8.98. The van der Waals surface area contributed by atoms with Crippen LogP contribution in [-0.2, 0) is 6.54 Å². The summed E-state index contributed by atoms with van der Waals surface area (Å²) >= 11 is 0. The lowest BCUT2D eigenvalue weighted by Gasteiger charge is -2.08. The van der Waals surface area contributed by atoms with Crippen molar-refractivity contribution in [2.75, 3.05) is 12.1 Å². The van der Waals surface area contributed by atoms with E-state index < -0.39 is 5.97 Å². The van der Waals surface area contributed by atoms with Gasteiger partial charge >= 0.3 is 5.97 Å². The van der Waals surface area contributed by atoms with Crippen LogP contribution in [0.5, 0.6) is 11.5 Å². The second-order valence-electron chi connectivity index (χ2n) is 6.56. The van der Waals surface area contributed by atoms with Crippen molar-refractivity contribution < 1.29 is 19.4 Å². The van der Waals surface area contributed by atoms with E-state index in [0.717, 1.165) is 28.3 Å². The van der Waals surface area contributed by atoms with Crippen LogP contribution >= 0.6 is 0 Å². The number of benzene rings is 2. The Kier molecular flexibility index (Phi) is 4.02. The molecule has 4 aromatic rings.